The number of aliphatic hydroxyl groups excluding tert-OH is 1. The molecule has 0 spiro atoms. The molecule has 0 aliphatic heterocycles. The summed E-state index contributed by atoms with van der Waals surface area (Å²) in [6.45, 7) is 1.64. The maximum absolute atomic E-state index is 8.67. The van der Waals surface area contributed by atoms with Crippen LogP contribution in [0.3, 0.4) is 0 Å². The van der Waals surface area contributed by atoms with Crippen molar-refractivity contribution in [3.05, 3.63) is 0 Å². The summed E-state index contributed by atoms with van der Waals surface area (Å²) in [7, 11) is 0. The van der Waals surface area contributed by atoms with Crippen LogP contribution < -0.4 is 5.73 Å². The van der Waals surface area contributed by atoms with Crippen LogP contribution in [-0.2, 0) is 4.74 Å². The highest BCUT2D eigenvalue weighted by Gasteiger charge is 2.14. The van der Waals surface area contributed by atoms with E-state index in [0.717, 1.165) is 18.9 Å². The molecule has 0 radical (unpaired) electrons. The van der Waals surface area contributed by atoms with Crippen LogP contribution >= 0.6 is 0 Å². The van der Waals surface area contributed by atoms with Crippen molar-refractivity contribution in [2.75, 3.05) is 19.8 Å². The van der Waals surface area contributed by atoms with Crippen LogP contribution in [0.2, 0.25) is 0 Å². The van der Waals surface area contributed by atoms with Gasteiger partial charge in [0.2, 0.25) is 0 Å². The molecular formula is C10H21NO2. The van der Waals surface area contributed by atoms with Crippen molar-refractivity contribution >= 4 is 0 Å². The quantitative estimate of drug-likeness (QED) is 0.607. The molecule has 0 bridgehead atoms. The first-order valence-corrected chi connectivity index (χ1v) is 5.27. The normalized spacial score (nSPS) is 20.8. The molecule has 0 aromatic heterocycles. The van der Waals surface area contributed by atoms with Gasteiger partial charge in [0, 0.05) is 19.3 Å². The van der Waals surface area contributed by atoms with Gasteiger partial charge in [-0.3, -0.25) is 0 Å². The van der Waals surface area contributed by atoms with Gasteiger partial charge in [-0.1, -0.05) is 12.8 Å². The molecule has 1 saturated carbocycles. The number of aliphatic hydroxyl groups is 1. The number of rotatable bonds is 6. The molecule has 3 heteroatoms. The van der Waals surface area contributed by atoms with E-state index in [9.17, 15) is 0 Å². The maximum Gasteiger partial charge on any atom is 0.0583 e. The Hall–Kier alpha value is -0.120. The van der Waals surface area contributed by atoms with Gasteiger partial charge >= 0.3 is 0 Å². The Morgan fingerprint density at radius 3 is 2.69 bits per heavy atom. The Labute approximate surface area is 80.3 Å². The van der Waals surface area contributed by atoms with Gasteiger partial charge in [-0.2, -0.15) is 0 Å². The standard InChI is InChI=1S/C10H21NO2/c11-10(7-12)5-6-13-8-9-3-1-2-4-9/h9-10,12H,1-8,11H2. The van der Waals surface area contributed by atoms with Gasteiger partial charge in [-0.25, -0.2) is 0 Å². The number of nitrogens with two attached hydrogens (primary N) is 1. The van der Waals surface area contributed by atoms with Gasteiger partial charge in [-0.15, -0.1) is 0 Å². The van der Waals surface area contributed by atoms with Gasteiger partial charge in [0.05, 0.1) is 6.61 Å². The van der Waals surface area contributed by atoms with E-state index in [1.165, 1.54) is 25.7 Å². The van der Waals surface area contributed by atoms with Crippen molar-refractivity contribution < 1.29 is 9.84 Å². The summed E-state index contributed by atoms with van der Waals surface area (Å²) in [5.74, 6) is 0.783. The zero-order valence-electron chi connectivity index (χ0n) is 8.24. The molecular weight excluding hydrogens is 166 g/mol. The van der Waals surface area contributed by atoms with E-state index in [0.29, 0.717) is 6.61 Å². The number of ether oxygens (including phenoxy) is 1. The molecule has 1 unspecified atom stereocenters. The molecule has 0 amide bonds. The molecule has 1 aliphatic rings. The fourth-order valence-electron chi connectivity index (χ4n) is 1.75. The van der Waals surface area contributed by atoms with E-state index < -0.39 is 0 Å². The lowest BCUT2D eigenvalue weighted by atomic mass is 10.1. The SMILES string of the molecule is NC(CO)CCOCC1CCCC1. The molecule has 0 aromatic carbocycles. The van der Waals surface area contributed by atoms with Crippen LogP contribution in [0.25, 0.3) is 0 Å². The first kappa shape index (κ1) is 11.0. The summed E-state index contributed by atoms with van der Waals surface area (Å²) in [6.07, 6.45) is 6.15. The van der Waals surface area contributed by atoms with Gasteiger partial charge in [-0.05, 0) is 25.2 Å². The lowest BCUT2D eigenvalue weighted by Gasteiger charge is -2.11. The largest absolute Gasteiger partial charge is 0.395 e. The Morgan fingerprint density at radius 2 is 2.08 bits per heavy atom. The summed E-state index contributed by atoms with van der Waals surface area (Å²) in [5, 5.41) is 8.67. The van der Waals surface area contributed by atoms with Crippen LogP contribution in [-0.4, -0.2) is 31.0 Å². The molecule has 78 valence electrons. The molecule has 1 aliphatic carbocycles. The molecule has 0 aromatic rings. The minimum absolute atomic E-state index is 0.0623. The van der Waals surface area contributed by atoms with Crippen molar-refractivity contribution in [1.29, 1.82) is 0 Å². The highest BCUT2D eigenvalue weighted by Crippen LogP contribution is 2.24. The predicted molar refractivity (Wildman–Crippen MR) is 52.5 cm³/mol. The summed E-state index contributed by atoms with van der Waals surface area (Å²) >= 11 is 0. The summed E-state index contributed by atoms with van der Waals surface area (Å²) in [5.41, 5.74) is 5.54. The number of hydrogen-bond donors (Lipinski definition) is 2. The lowest BCUT2D eigenvalue weighted by molar-refractivity contribution is 0.0908. The molecule has 1 rings (SSSR count). The zero-order valence-corrected chi connectivity index (χ0v) is 8.24. The van der Waals surface area contributed by atoms with Crippen molar-refractivity contribution in [3.8, 4) is 0 Å². The second-order valence-electron chi connectivity index (χ2n) is 3.96. The van der Waals surface area contributed by atoms with E-state index in [1.54, 1.807) is 0 Å². The van der Waals surface area contributed by atoms with Crippen molar-refractivity contribution in [3.63, 3.8) is 0 Å². The highest BCUT2D eigenvalue weighted by atomic mass is 16.5. The Kier molecular flexibility index (Phi) is 5.35. The second kappa shape index (κ2) is 6.35. The third-order valence-electron chi connectivity index (χ3n) is 2.70. The average Bonchev–Trinajstić information content (AvgIpc) is 2.64. The summed E-state index contributed by atoms with van der Waals surface area (Å²) in [6, 6.07) is -0.108. The van der Waals surface area contributed by atoms with Crippen molar-refractivity contribution in [2.45, 2.75) is 38.1 Å². The Morgan fingerprint density at radius 1 is 1.38 bits per heavy atom. The minimum Gasteiger partial charge on any atom is -0.395 e. The number of hydrogen-bond acceptors (Lipinski definition) is 3. The van der Waals surface area contributed by atoms with E-state index in [-0.39, 0.29) is 12.6 Å². The average molecular weight is 187 g/mol. The van der Waals surface area contributed by atoms with Crippen molar-refractivity contribution in [2.24, 2.45) is 11.7 Å². The fraction of sp³-hybridized carbons (Fsp3) is 1.00. The Bertz CT molecular complexity index is 124. The van der Waals surface area contributed by atoms with E-state index in [1.807, 2.05) is 0 Å². The molecule has 1 fully saturated rings. The van der Waals surface area contributed by atoms with Gasteiger partial charge in [0.15, 0.2) is 0 Å². The lowest BCUT2D eigenvalue weighted by Crippen LogP contribution is -2.26. The predicted octanol–water partition coefficient (Wildman–Crippen LogP) is 0.903. The molecule has 3 N–H and O–H groups in total. The molecule has 3 nitrogen and oxygen atoms in total. The molecule has 0 saturated heterocycles. The van der Waals surface area contributed by atoms with Crippen LogP contribution in [0.5, 0.6) is 0 Å². The van der Waals surface area contributed by atoms with Crippen LogP contribution in [0.1, 0.15) is 32.1 Å². The molecule has 0 heterocycles. The smallest absolute Gasteiger partial charge is 0.0583 e. The first-order chi connectivity index (χ1) is 6.33. The first-order valence-electron chi connectivity index (χ1n) is 5.27. The van der Waals surface area contributed by atoms with Gasteiger partial charge in [0.25, 0.3) is 0 Å². The third kappa shape index (κ3) is 4.60. The minimum atomic E-state index is -0.108. The van der Waals surface area contributed by atoms with Gasteiger partial charge in [0.1, 0.15) is 0 Å². The monoisotopic (exact) mass is 187 g/mol. The topological polar surface area (TPSA) is 55.5 Å². The molecule has 1 atom stereocenters. The van der Waals surface area contributed by atoms with Crippen LogP contribution in [0.15, 0.2) is 0 Å². The summed E-state index contributed by atoms with van der Waals surface area (Å²) < 4.78 is 5.50. The molecule has 13 heavy (non-hydrogen) atoms. The second-order valence-corrected chi connectivity index (χ2v) is 3.96. The van der Waals surface area contributed by atoms with Crippen molar-refractivity contribution in [1.82, 2.24) is 0 Å². The zero-order chi connectivity index (χ0) is 9.52. The fourth-order valence-corrected chi connectivity index (χ4v) is 1.75. The van der Waals surface area contributed by atoms with E-state index in [2.05, 4.69) is 0 Å². The van der Waals surface area contributed by atoms with E-state index >= 15 is 0 Å². The highest BCUT2D eigenvalue weighted by molar-refractivity contribution is 4.66. The Balaban J connectivity index is 1.88. The van der Waals surface area contributed by atoms with Crippen LogP contribution in [0, 0.1) is 5.92 Å². The van der Waals surface area contributed by atoms with Gasteiger partial charge < -0.3 is 15.6 Å². The third-order valence-corrected chi connectivity index (χ3v) is 2.70. The van der Waals surface area contributed by atoms with Crippen LogP contribution in [0.4, 0.5) is 0 Å². The van der Waals surface area contributed by atoms with E-state index in [4.69, 9.17) is 15.6 Å². The summed E-state index contributed by atoms with van der Waals surface area (Å²) in [4.78, 5) is 0. The maximum atomic E-state index is 8.67.